The van der Waals surface area contributed by atoms with Crippen LogP contribution < -0.4 is 15.7 Å². The monoisotopic (exact) mass is 369 g/mol. The van der Waals surface area contributed by atoms with Crippen LogP contribution in [0, 0.1) is 0 Å². The van der Waals surface area contributed by atoms with Crippen molar-refractivity contribution in [1.29, 1.82) is 0 Å². The van der Waals surface area contributed by atoms with E-state index < -0.39 is 5.63 Å². The maximum absolute atomic E-state index is 12.1. The molecule has 0 atom stereocenters. The van der Waals surface area contributed by atoms with Gasteiger partial charge in [-0.25, -0.2) is 4.79 Å². The number of nitrogens with one attached hydrogen (secondary N) is 1. The van der Waals surface area contributed by atoms with Gasteiger partial charge < -0.3 is 14.5 Å². The van der Waals surface area contributed by atoms with Gasteiger partial charge in [-0.15, -0.1) is 11.8 Å². The Morgan fingerprint density at radius 1 is 1.19 bits per heavy atom. The highest BCUT2D eigenvalue weighted by atomic mass is 32.2. The third-order valence-electron chi connectivity index (χ3n) is 3.91. The number of amides is 1. The zero-order valence-electron chi connectivity index (χ0n) is 14.6. The summed E-state index contributed by atoms with van der Waals surface area (Å²) in [6.07, 6.45) is 2.71. The number of carbonyl (C=O) groups excluding carboxylic acids is 1. The van der Waals surface area contributed by atoms with E-state index in [1.165, 1.54) is 6.07 Å². The number of carbonyl (C=O) groups is 1. The molecule has 1 amide bonds. The van der Waals surface area contributed by atoms with Crippen LogP contribution in [0.3, 0.4) is 0 Å². The molecule has 0 spiro atoms. The van der Waals surface area contributed by atoms with Crippen molar-refractivity contribution < 1.29 is 13.9 Å². The van der Waals surface area contributed by atoms with E-state index in [1.807, 2.05) is 43.5 Å². The van der Waals surface area contributed by atoms with E-state index in [0.717, 1.165) is 28.0 Å². The lowest BCUT2D eigenvalue weighted by molar-refractivity contribution is -0.118. The predicted octanol–water partition coefficient (Wildman–Crippen LogP) is 4.09. The van der Waals surface area contributed by atoms with Crippen molar-refractivity contribution in [2.75, 3.05) is 18.2 Å². The van der Waals surface area contributed by atoms with Gasteiger partial charge in [0.1, 0.15) is 11.3 Å². The molecule has 26 heavy (non-hydrogen) atoms. The minimum atomic E-state index is -0.391. The van der Waals surface area contributed by atoms with Crippen LogP contribution in [0.15, 0.2) is 62.6 Å². The first-order valence-electron chi connectivity index (χ1n) is 8.22. The molecular weight excluding hydrogens is 350 g/mol. The van der Waals surface area contributed by atoms with Crippen LogP contribution in [0.5, 0.6) is 5.75 Å². The normalized spacial score (nSPS) is 10.7. The van der Waals surface area contributed by atoms with Gasteiger partial charge in [0, 0.05) is 28.1 Å². The van der Waals surface area contributed by atoms with Crippen molar-refractivity contribution >= 4 is 34.3 Å². The van der Waals surface area contributed by atoms with E-state index in [2.05, 4.69) is 5.32 Å². The highest BCUT2D eigenvalue weighted by molar-refractivity contribution is 7.98. The first kappa shape index (κ1) is 18.1. The van der Waals surface area contributed by atoms with Crippen molar-refractivity contribution in [3.05, 3.63) is 64.5 Å². The van der Waals surface area contributed by atoms with Gasteiger partial charge in [0.2, 0.25) is 0 Å². The summed E-state index contributed by atoms with van der Waals surface area (Å²) in [5.41, 5.74) is 1.72. The molecule has 5 nitrogen and oxygen atoms in total. The second kappa shape index (κ2) is 8.10. The topological polar surface area (TPSA) is 68.5 Å². The molecule has 0 radical (unpaired) electrons. The zero-order valence-corrected chi connectivity index (χ0v) is 15.4. The Hall–Kier alpha value is -2.73. The molecule has 0 aliphatic rings. The van der Waals surface area contributed by atoms with Gasteiger partial charge in [-0.1, -0.05) is 13.0 Å². The summed E-state index contributed by atoms with van der Waals surface area (Å²) in [6.45, 7) is 1.85. The Morgan fingerprint density at radius 3 is 2.81 bits per heavy atom. The zero-order chi connectivity index (χ0) is 18.5. The molecule has 6 heteroatoms. The first-order chi connectivity index (χ1) is 12.6. The Kier molecular flexibility index (Phi) is 5.63. The van der Waals surface area contributed by atoms with Crippen LogP contribution in [0.25, 0.3) is 11.0 Å². The van der Waals surface area contributed by atoms with Crippen molar-refractivity contribution in [2.24, 2.45) is 0 Å². The van der Waals surface area contributed by atoms with E-state index in [1.54, 1.807) is 23.9 Å². The Balaban J connectivity index is 1.69. The van der Waals surface area contributed by atoms with E-state index >= 15 is 0 Å². The Labute approximate surface area is 155 Å². The summed E-state index contributed by atoms with van der Waals surface area (Å²) in [5, 5.41) is 3.67. The predicted molar refractivity (Wildman–Crippen MR) is 104 cm³/mol. The third-order valence-corrected chi connectivity index (χ3v) is 4.63. The number of ether oxygens (including phenoxy) is 1. The second-order valence-electron chi connectivity index (χ2n) is 5.67. The summed E-state index contributed by atoms with van der Waals surface area (Å²) in [7, 11) is 0. The number of fused-ring (bicyclic) bond motifs is 1. The summed E-state index contributed by atoms with van der Waals surface area (Å²) in [6, 6.07) is 14.3. The summed E-state index contributed by atoms with van der Waals surface area (Å²) >= 11 is 1.61. The Bertz CT molecular complexity index is 997. The lowest BCUT2D eigenvalue weighted by Gasteiger charge is -2.09. The number of benzene rings is 2. The number of aryl methyl sites for hydroxylation is 1. The smallest absolute Gasteiger partial charge is 0.336 e. The minimum absolute atomic E-state index is 0.132. The fourth-order valence-electron chi connectivity index (χ4n) is 2.64. The molecule has 0 saturated carbocycles. The van der Waals surface area contributed by atoms with Crippen LogP contribution >= 0.6 is 11.8 Å². The van der Waals surface area contributed by atoms with E-state index in [9.17, 15) is 9.59 Å². The summed E-state index contributed by atoms with van der Waals surface area (Å²) < 4.78 is 10.8. The van der Waals surface area contributed by atoms with E-state index in [0.29, 0.717) is 11.3 Å². The quantitative estimate of drug-likeness (QED) is 0.523. The molecule has 1 aromatic heterocycles. The Morgan fingerprint density at radius 2 is 2.04 bits per heavy atom. The SMILES string of the molecule is CCc1cc(=O)oc2cc(OCC(=O)Nc3cccc(SC)c3)ccc12. The standard InChI is InChI=1S/C20H19NO4S/c1-3-13-9-20(23)25-18-11-15(7-8-17(13)18)24-12-19(22)21-14-5-4-6-16(10-14)26-2/h4-11H,3,12H2,1-2H3,(H,21,22). The third kappa shape index (κ3) is 4.26. The lowest BCUT2D eigenvalue weighted by Crippen LogP contribution is -2.20. The number of hydrogen-bond acceptors (Lipinski definition) is 5. The summed E-state index contributed by atoms with van der Waals surface area (Å²) in [5.74, 6) is 0.217. The largest absolute Gasteiger partial charge is 0.484 e. The van der Waals surface area contributed by atoms with E-state index in [-0.39, 0.29) is 12.5 Å². The molecule has 0 bridgehead atoms. The lowest BCUT2D eigenvalue weighted by atomic mass is 10.1. The van der Waals surface area contributed by atoms with Gasteiger partial charge in [0.15, 0.2) is 6.61 Å². The molecule has 3 aromatic rings. The average Bonchev–Trinajstić information content (AvgIpc) is 2.65. The van der Waals surface area contributed by atoms with Gasteiger partial charge in [0.25, 0.3) is 5.91 Å². The highest BCUT2D eigenvalue weighted by Crippen LogP contribution is 2.23. The van der Waals surface area contributed by atoms with Crippen LogP contribution in [0.1, 0.15) is 12.5 Å². The number of hydrogen-bond donors (Lipinski definition) is 1. The number of rotatable bonds is 6. The van der Waals surface area contributed by atoms with Crippen LogP contribution in [0.2, 0.25) is 0 Å². The molecule has 0 saturated heterocycles. The molecule has 0 aliphatic carbocycles. The van der Waals surface area contributed by atoms with Gasteiger partial charge in [-0.3, -0.25) is 4.79 Å². The fraction of sp³-hybridized carbons (Fsp3) is 0.200. The van der Waals surface area contributed by atoms with Crippen molar-refractivity contribution in [3.63, 3.8) is 0 Å². The van der Waals surface area contributed by atoms with Crippen LogP contribution in [-0.4, -0.2) is 18.8 Å². The van der Waals surface area contributed by atoms with Gasteiger partial charge in [-0.2, -0.15) is 0 Å². The van der Waals surface area contributed by atoms with Crippen molar-refractivity contribution in [1.82, 2.24) is 0 Å². The minimum Gasteiger partial charge on any atom is -0.484 e. The number of anilines is 1. The molecule has 0 unspecified atom stereocenters. The van der Waals surface area contributed by atoms with Crippen LogP contribution in [0.4, 0.5) is 5.69 Å². The molecular formula is C20H19NO4S. The number of thioether (sulfide) groups is 1. The van der Waals surface area contributed by atoms with Crippen molar-refractivity contribution in [3.8, 4) is 5.75 Å². The van der Waals surface area contributed by atoms with E-state index in [4.69, 9.17) is 9.15 Å². The maximum Gasteiger partial charge on any atom is 0.336 e. The second-order valence-corrected chi connectivity index (χ2v) is 6.55. The molecule has 3 rings (SSSR count). The molecule has 1 N–H and O–H groups in total. The highest BCUT2D eigenvalue weighted by Gasteiger charge is 2.08. The molecule has 1 heterocycles. The molecule has 2 aromatic carbocycles. The van der Waals surface area contributed by atoms with Gasteiger partial charge >= 0.3 is 5.63 Å². The van der Waals surface area contributed by atoms with Crippen molar-refractivity contribution in [2.45, 2.75) is 18.2 Å². The fourth-order valence-corrected chi connectivity index (χ4v) is 3.10. The molecule has 0 fully saturated rings. The van der Waals surface area contributed by atoms with Gasteiger partial charge in [-0.05, 0) is 48.6 Å². The van der Waals surface area contributed by atoms with Gasteiger partial charge in [0.05, 0.1) is 0 Å². The average molecular weight is 369 g/mol. The first-order valence-corrected chi connectivity index (χ1v) is 9.45. The maximum atomic E-state index is 12.1. The molecule has 0 aliphatic heterocycles. The summed E-state index contributed by atoms with van der Waals surface area (Å²) in [4.78, 5) is 24.8. The molecule has 134 valence electrons. The van der Waals surface area contributed by atoms with Crippen LogP contribution in [-0.2, 0) is 11.2 Å².